The van der Waals surface area contributed by atoms with E-state index >= 15 is 0 Å². The van der Waals surface area contributed by atoms with Crippen LogP contribution in [0.5, 0.6) is 0 Å². The summed E-state index contributed by atoms with van der Waals surface area (Å²) in [5, 5.41) is 9.02. The van der Waals surface area contributed by atoms with Gasteiger partial charge in [0, 0.05) is 10.7 Å². The molecule has 1 aromatic heterocycles. The topological polar surface area (TPSA) is 50.2 Å². The van der Waals surface area contributed by atoms with E-state index in [1.807, 2.05) is 30.3 Å². The summed E-state index contributed by atoms with van der Waals surface area (Å²) in [5.74, 6) is -0.974. The Bertz CT molecular complexity index is 591. The smallest absolute Gasteiger partial charge is 0.337 e. The molecule has 90 valence electrons. The molecule has 1 heterocycles. The van der Waals surface area contributed by atoms with Crippen molar-refractivity contribution in [2.45, 2.75) is 0 Å². The number of aromatic carboxylic acids is 1. The maximum Gasteiger partial charge on any atom is 0.337 e. The van der Waals surface area contributed by atoms with E-state index in [2.05, 4.69) is 20.9 Å². The number of carboxylic acids is 1. The first-order chi connectivity index (χ1) is 8.66. The molecule has 1 N–H and O–H groups in total. The van der Waals surface area contributed by atoms with Crippen molar-refractivity contribution in [3.8, 4) is 0 Å². The lowest BCUT2D eigenvalue weighted by Crippen LogP contribution is -2.00. The molecule has 3 nitrogen and oxygen atoms in total. The lowest BCUT2D eigenvalue weighted by atomic mass is 10.1. The van der Waals surface area contributed by atoms with Crippen LogP contribution in [0, 0.1) is 0 Å². The lowest BCUT2D eigenvalue weighted by Gasteiger charge is -1.99. The Morgan fingerprint density at radius 1 is 1.17 bits per heavy atom. The van der Waals surface area contributed by atoms with Crippen LogP contribution in [0.2, 0.25) is 0 Å². The van der Waals surface area contributed by atoms with Gasteiger partial charge < -0.3 is 5.11 Å². The molecule has 0 bridgehead atoms. The molecular weight excluding hydrogens is 294 g/mol. The van der Waals surface area contributed by atoms with Crippen LogP contribution in [0.3, 0.4) is 0 Å². The molecular formula is C14H10BrNO2. The summed E-state index contributed by atoms with van der Waals surface area (Å²) in [6.07, 6.45) is 5.11. The van der Waals surface area contributed by atoms with Crippen molar-refractivity contribution in [1.82, 2.24) is 4.98 Å². The summed E-state index contributed by atoms with van der Waals surface area (Å²) >= 11 is 3.36. The van der Waals surface area contributed by atoms with E-state index in [1.165, 1.54) is 6.07 Å². The number of aromatic nitrogens is 1. The van der Waals surface area contributed by atoms with Crippen molar-refractivity contribution in [3.05, 3.63) is 63.9 Å². The zero-order valence-corrected chi connectivity index (χ0v) is 11.0. The Kier molecular flexibility index (Phi) is 3.89. The molecule has 2 rings (SSSR count). The van der Waals surface area contributed by atoms with Gasteiger partial charge in [-0.2, -0.15) is 0 Å². The lowest BCUT2D eigenvalue weighted by molar-refractivity contribution is 0.0696. The number of carboxylic acid groups (broad SMARTS) is 1. The molecule has 4 heteroatoms. The molecule has 0 spiro atoms. The molecule has 0 saturated carbocycles. The van der Waals surface area contributed by atoms with Crippen LogP contribution in [-0.2, 0) is 0 Å². The standard InChI is InChI=1S/C14H10BrNO2/c15-11-6-3-10(4-7-11)5-8-13-12(14(17)18)2-1-9-16-13/h1-9H,(H,17,18). The molecule has 2 aromatic rings. The highest BCUT2D eigenvalue weighted by Gasteiger charge is 2.07. The van der Waals surface area contributed by atoms with E-state index in [4.69, 9.17) is 5.11 Å². The molecule has 0 fully saturated rings. The molecule has 0 saturated heterocycles. The minimum absolute atomic E-state index is 0.200. The summed E-state index contributed by atoms with van der Waals surface area (Å²) in [7, 11) is 0. The first-order valence-corrected chi connectivity index (χ1v) is 6.08. The normalized spacial score (nSPS) is 10.7. The van der Waals surface area contributed by atoms with Gasteiger partial charge in [0.2, 0.25) is 0 Å². The van der Waals surface area contributed by atoms with Crippen LogP contribution in [0.1, 0.15) is 21.6 Å². The van der Waals surface area contributed by atoms with Gasteiger partial charge in [-0.1, -0.05) is 34.1 Å². The number of nitrogens with zero attached hydrogens (tertiary/aromatic N) is 1. The SMILES string of the molecule is O=C(O)c1cccnc1C=Cc1ccc(Br)cc1. The summed E-state index contributed by atoms with van der Waals surface area (Å²) in [6, 6.07) is 10.9. The summed E-state index contributed by atoms with van der Waals surface area (Å²) in [5.41, 5.74) is 1.64. The van der Waals surface area contributed by atoms with Gasteiger partial charge >= 0.3 is 5.97 Å². The van der Waals surface area contributed by atoms with Crippen molar-refractivity contribution in [3.63, 3.8) is 0 Å². The maximum absolute atomic E-state index is 11.0. The van der Waals surface area contributed by atoms with Crippen molar-refractivity contribution in [2.24, 2.45) is 0 Å². The average Bonchev–Trinajstić information content (AvgIpc) is 2.38. The number of benzene rings is 1. The van der Waals surface area contributed by atoms with Crippen molar-refractivity contribution >= 4 is 34.1 Å². The van der Waals surface area contributed by atoms with Gasteiger partial charge in [0.05, 0.1) is 11.3 Å². The fourth-order valence-electron chi connectivity index (χ4n) is 1.48. The van der Waals surface area contributed by atoms with Crippen LogP contribution in [-0.4, -0.2) is 16.1 Å². The Morgan fingerprint density at radius 2 is 1.89 bits per heavy atom. The maximum atomic E-state index is 11.0. The van der Waals surface area contributed by atoms with Gasteiger partial charge in [-0.3, -0.25) is 4.98 Å². The highest BCUT2D eigenvalue weighted by Crippen LogP contribution is 2.14. The van der Waals surface area contributed by atoms with Gasteiger partial charge in [0.1, 0.15) is 0 Å². The predicted octanol–water partition coefficient (Wildman–Crippen LogP) is 3.71. The molecule has 0 amide bonds. The summed E-state index contributed by atoms with van der Waals surface area (Å²) < 4.78 is 1.00. The van der Waals surface area contributed by atoms with E-state index in [0.29, 0.717) is 5.69 Å². The van der Waals surface area contributed by atoms with E-state index < -0.39 is 5.97 Å². The van der Waals surface area contributed by atoms with Crippen LogP contribution in [0.25, 0.3) is 12.2 Å². The van der Waals surface area contributed by atoms with Gasteiger partial charge in [-0.25, -0.2) is 4.79 Å². The van der Waals surface area contributed by atoms with Gasteiger partial charge in [-0.15, -0.1) is 0 Å². The monoisotopic (exact) mass is 303 g/mol. The molecule has 18 heavy (non-hydrogen) atoms. The predicted molar refractivity (Wildman–Crippen MR) is 74.3 cm³/mol. The third-order valence-corrected chi connectivity index (χ3v) is 2.90. The third kappa shape index (κ3) is 3.05. The van der Waals surface area contributed by atoms with E-state index in [9.17, 15) is 4.79 Å². The molecule has 0 unspecified atom stereocenters. The second-order valence-electron chi connectivity index (χ2n) is 3.63. The first kappa shape index (κ1) is 12.5. The first-order valence-electron chi connectivity index (χ1n) is 5.29. The van der Waals surface area contributed by atoms with E-state index in [-0.39, 0.29) is 5.56 Å². The van der Waals surface area contributed by atoms with Crippen LogP contribution >= 0.6 is 15.9 Å². The van der Waals surface area contributed by atoms with E-state index in [1.54, 1.807) is 18.3 Å². The third-order valence-electron chi connectivity index (χ3n) is 2.37. The number of halogens is 1. The molecule has 0 radical (unpaired) electrons. The number of hydrogen-bond acceptors (Lipinski definition) is 2. The fourth-order valence-corrected chi connectivity index (χ4v) is 1.74. The summed E-state index contributed by atoms with van der Waals surface area (Å²) in [6.45, 7) is 0. The quantitative estimate of drug-likeness (QED) is 0.940. The number of hydrogen-bond donors (Lipinski definition) is 1. The summed E-state index contributed by atoms with van der Waals surface area (Å²) in [4.78, 5) is 15.1. The number of carbonyl (C=O) groups is 1. The van der Waals surface area contributed by atoms with Crippen molar-refractivity contribution in [2.75, 3.05) is 0 Å². The minimum Gasteiger partial charge on any atom is -0.478 e. The van der Waals surface area contributed by atoms with E-state index in [0.717, 1.165) is 10.0 Å². The largest absolute Gasteiger partial charge is 0.478 e. The Labute approximate surface area is 113 Å². The van der Waals surface area contributed by atoms with Gasteiger partial charge in [0.25, 0.3) is 0 Å². The van der Waals surface area contributed by atoms with Crippen molar-refractivity contribution < 1.29 is 9.90 Å². The van der Waals surface area contributed by atoms with Crippen LogP contribution in [0.4, 0.5) is 0 Å². The second-order valence-corrected chi connectivity index (χ2v) is 4.54. The van der Waals surface area contributed by atoms with Crippen LogP contribution in [0.15, 0.2) is 47.1 Å². The number of rotatable bonds is 3. The number of pyridine rings is 1. The van der Waals surface area contributed by atoms with Gasteiger partial charge in [0.15, 0.2) is 0 Å². The molecule has 0 aliphatic rings. The second kappa shape index (κ2) is 5.60. The Balaban J connectivity index is 2.29. The van der Waals surface area contributed by atoms with Crippen LogP contribution < -0.4 is 0 Å². The minimum atomic E-state index is -0.974. The van der Waals surface area contributed by atoms with Gasteiger partial charge in [-0.05, 0) is 35.9 Å². The zero-order chi connectivity index (χ0) is 13.0. The van der Waals surface area contributed by atoms with Crippen molar-refractivity contribution in [1.29, 1.82) is 0 Å². The molecule has 1 aromatic carbocycles. The highest BCUT2D eigenvalue weighted by molar-refractivity contribution is 9.10. The fraction of sp³-hybridized carbons (Fsp3) is 0. The average molecular weight is 304 g/mol. The Hall–Kier alpha value is -1.94. The Morgan fingerprint density at radius 3 is 2.56 bits per heavy atom. The molecule has 0 aliphatic heterocycles. The highest BCUT2D eigenvalue weighted by atomic mass is 79.9. The zero-order valence-electron chi connectivity index (χ0n) is 9.38. The molecule has 0 atom stereocenters. The molecule has 0 aliphatic carbocycles.